The summed E-state index contributed by atoms with van der Waals surface area (Å²) in [6.07, 6.45) is 1.96. The van der Waals surface area contributed by atoms with Crippen LogP contribution in [0.5, 0.6) is 0 Å². The highest BCUT2D eigenvalue weighted by Gasteiger charge is 1.97. The Kier molecular flexibility index (Phi) is 4.98. The molecule has 19 heavy (non-hydrogen) atoms. The summed E-state index contributed by atoms with van der Waals surface area (Å²) in [5.41, 5.74) is 8.16. The highest BCUT2D eigenvalue weighted by atomic mass is 32.1. The van der Waals surface area contributed by atoms with E-state index in [2.05, 4.69) is 46.9 Å². The van der Waals surface area contributed by atoms with Gasteiger partial charge in [0.25, 0.3) is 0 Å². The zero-order valence-corrected chi connectivity index (χ0v) is 11.9. The van der Waals surface area contributed by atoms with E-state index in [1.807, 2.05) is 12.1 Å². The summed E-state index contributed by atoms with van der Waals surface area (Å²) in [5.74, 6) is 0.477. The highest BCUT2D eigenvalue weighted by molar-refractivity contribution is 7.09. The molecule has 1 aromatic carbocycles. The van der Waals surface area contributed by atoms with Gasteiger partial charge in [-0.2, -0.15) is 0 Å². The summed E-state index contributed by atoms with van der Waals surface area (Å²) in [6.45, 7) is 2.85. The van der Waals surface area contributed by atoms with Gasteiger partial charge in [-0.25, -0.2) is 0 Å². The number of guanidine groups is 1. The summed E-state index contributed by atoms with van der Waals surface area (Å²) < 4.78 is 0. The van der Waals surface area contributed by atoms with Crippen molar-refractivity contribution < 1.29 is 0 Å². The molecule has 2 aromatic rings. The molecule has 0 saturated heterocycles. The van der Waals surface area contributed by atoms with E-state index in [4.69, 9.17) is 5.73 Å². The number of thiophene rings is 1. The zero-order valence-electron chi connectivity index (χ0n) is 11.1. The van der Waals surface area contributed by atoms with E-state index >= 15 is 0 Å². The lowest BCUT2D eigenvalue weighted by Gasteiger charge is -2.06. The van der Waals surface area contributed by atoms with Gasteiger partial charge in [0.2, 0.25) is 0 Å². The summed E-state index contributed by atoms with van der Waals surface area (Å²) in [7, 11) is 0. The first-order valence-electron chi connectivity index (χ1n) is 6.46. The van der Waals surface area contributed by atoms with Gasteiger partial charge < -0.3 is 11.1 Å². The van der Waals surface area contributed by atoms with Crippen molar-refractivity contribution in [3.63, 3.8) is 0 Å². The molecule has 0 saturated carbocycles. The number of nitrogens with two attached hydrogens (primary N) is 1. The fourth-order valence-electron chi connectivity index (χ4n) is 1.80. The number of rotatable bonds is 5. The second-order valence-corrected chi connectivity index (χ2v) is 5.31. The Morgan fingerprint density at radius 1 is 1.32 bits per heavy atom. The molecule has 0 radical (unpaired) electrons. The van der Waals surface area contributed by atoms with Crippen molar-refractivity contribution >= 4 is 23.0 Å². The molecular formula is C15H19N3S. The topological polar surface area (TPSA) is 50.4 Å². The molecule has 1 aromatic heterocycles. The summed E-state index contributed by atoms with van der Waals surface area (Å²) in [5, 5.41) is 5.21. The third-order valence-electron chi connectivity index (χ3n) is 2.83. The van der Waals surface area contributed by atoms with Crippen LogP contribution in [0.15, 0.2) is 46.8 Å². The van der Waals surface area contributed by atoms with Crippen LogP contribution in [-0.4, -0.2) is 12.5 Å². The SMILES string of the molecule is CCc1cccc(NC(N)=NCCc2cccs2)c1. The standard InChI is InChI=1S/C15H19N3S/c1-2-12-5-3-6-13(11-12)18-15(16)17-9-8-14-7-4-10-19-14/h3-7,10-11H,2,8-9H2,1H3,(H3,16,17,18). The van der Waals surface area contributed by atoms with E-state index in [1.165, 1.54) is 10.4 Å². The van der Waals surface area contributed by atoms with E-state index in [0.29, 0.717) is 12.5 Å². The van der Waals surface area contributed by atoms with Crippen molar-refractivity contribution in [3.8, 4) is 0 Å². The molecule has 4 heteroatoms. The molecule has 0 bridgehead atoms. The lowest BCUT2D eigenvalue weighted by molar-refractivity contribution is 0.983. The minimum Gasteiger partial charge on any atom is -0.370 e. The summed E-state index contributed by atoms with van der Waals surface area (Å²) in [6, 6.07) is 12.4. The average Bonchev–Trinajstić information content (AvgIpc) is 2.92. The van der Waals surface area contributed by atoms with Crippen LogP contribution < -0.4 is 11.1 Å². The maximum atomic E-state index is 5.88. The van der Waals surface area contributed by atoms with Crippen molar-refractivity contribution in [3.05, 3.63) is 52.2 Å². The Morgan fingerprint density at radius 2 is 2.21 bits per heavy atom. The van der Waals surface area contributed by atoms with Gasteiger partial charge in [-0.3, -0.25) is 4.99 Å². The van der Waals surface area contributed by atoms with Crippen molar-refractivity contribution in [1.82, 2.24) is 0 Å². The van der Waals surface area contributed by atoms with Gasteiger partial charge >= 0.3 is 0 Å². The summed E-state index contributed by atoms with van der Waals surface area (Å²) >= 11 is 1.75. The highest BCUT2D eigenvalue weighted by Crippen LogP contribution is 2.11. The predicted molar refractivity (Wildman–Crippen MR) is 84.0 cm³/mol. The minimum absolute atomic E-state index is 0.477. The van der Waals surface area contributed by atoms with Gasteiger partial charge in [0.05, 0.1) is 0 Å². The number of anilines is 1. The molecule has 0 fully saturated rings. The molecule has 2 rings (SSSR count). The monoisotopic (exact) mass is 273 g/mol. The van der Waals surface area contributed by atoms with Crippen molar-refractivity contribution in [1.29, 1.82) is 0 Å². The van der Waals surface area contributed by atoms with Crippen LogP contribution in [0, 0.1) is 0 Å². The Balaban J connectivity index is 1.87. The number of nitrogens with zero attached hydrogens (tertiary/aromatic N) is 1. The van der Waals surface area contributed by atoms with Crippen LogP contribution in [0.3, 0.4) is 0 Å². The first-order valence-corrected chi connectivity index (χ1v) is 7.34. The number of nitrogens with one attached hydrogen (secondary N) is 1. The first kappa shape index (κ1) is 13.6. The van der Waals surface area contributed by atoms with E-state index in [1.54, 1.807) is 11.3 Å². The number of benzene rings is 1. The largest absolute Gasteiger partial charge is 0.370 e. The van der Waals surface area contributed by atoms with E-state index in [0.717, 1.165) is 18.5 Å². The zero-order chi connectivity index (χ0) is 13.5. The first-order chi connectivity index (χ1) is 9.28. The summed E-state index contributed by atoms with van der Waals surface area (Å²) in [4.78, 5) is 5.68. The van der Waals surface area contributed by atoms with Gasteiger partial charge in [0.15, 0.2) is 5.96 Å². The maximum Gasteiger partial charge on any atom is 0.193 e. The van der Waals surface area contributed by atoms with E-state index < -0.39 is 0 Å². The van der Waals surface area contributed by atoms with Gasteiger partial charge in [-0.05, 0) is 35.6 Å². The molecule has 0 amide bonds. The van der Waals surface area contributed by atoms with Crippen LogP contribution in [0.25, 0.3) is 0 Å². The molecule has 1 heterocycles. The number of hydrogen-bond donors (Lipinski definition) is 2. The lowest BCUT2D eigenvalue weighted by atomic mass is 10.1. The van der Waals surface area contributed by atoms with Crippen LogP contribution in [0.4, 0.5) is 5.69 Å². The molecule has 3 N–H and O–H groups in total. The fourth-order valence-corrected chi connectivity index (χ4v) is 2.50. The minimum atomic E-state index is 0.477. The maximum absolute atomic E-state index is 5.88. The van der Waals surface area contributed by atoms with Crippen molar-refractivity contribution in [2.45, 2.75) is 19.8 Å². The van der Waals surface area contributed by atoms with E-state index in [-0.39, 0.29) is 0 Å². The number of aryl methyl sites for hydroxylation is 1. The molecule has 0 aliphatic rings. The molecule has 3 nitrogen and oxygen atoms in total. The Morgan fingerprint density at radius 3 is 2.95 bits per heavy atom. The Hall–Kier alpha value is -1.81. The molecule has 0 unspecified atom stereocenters. The molecule has 0 spiro atoms. The molecule has 100 valence electrons. The second-order valence-electron chi connectivity index (χ2n) is 4.28. The lowest BCUT2D eigenvalue weighted by Crippen LogP contribution is -2.23. The normalized spacial score (nSPS) is 11.5. The predicted octanol–water partition coefficient (Wildman–Crippen LogP) is 3.28. The Labute approximate surface area is 118 Å². The quantitative estimate of drug-likeness (QED) is 0.649. The van der Waals surface area contributed by atoms with Crippen LogP contribution in [-0.2, 0) is 12.8 Å². The third-order valence-corrected chi connectivity index (χ3v) is 3.76. The van der Waals surface area contributed by atoms with Gasteiger partial charge in [-0.15, -0.1) is 11.3 Å². The van der Waals surface area contributed by atoms with Crippen LogP contribution >= 0.6 is 11.3 Å². The molecular weight excluding hydrogens is 254 g/mol. The molecule has 0 atom stereocenters. The molecule has 0 aliphatic heterocycles. The smallest absolute Gasteiger partial charge is 0.193 e. The van der Waals surface area contributed by atoms with Gasteiger partial charge in [0.1, 0.15) is 0 Å². The fraction of sp³-hybridized carbons (Fsp3) is 0.267. The number of hydrogen-bond acceptors (Lipinski definition) is 2. The van der Waals surface area contributed by atoms with Gasteiger partial charge in [-0.1, -0.05) is 25.1 Å². The van der Waals surface area contributed by atoms with E-state index in [9.17, 15) is 0 Å². The molecule has 0 aliphatic carbocycles. The number of aliphatic imine (C=N–C) groups is 1. The van der Waals surface area contributed by atoms with Crippen LogP contribution in [0.1, 0.15) is 17.4 Å². The van der Waals surface area contributed by atoms with Crippen LogP contribution in [0.2, 0.25) is 0 Å². The van der Waals surface area contributed by atoms with Crippen molar-refractivity contribution in [2.24, 2.45) is 10.7 Å². The third kappa shape index (κ3) is 4.41. The average molecular weight is 273 g/mol. The second kappa shape index (κ2) is 6.95. The van der Waals surface area contributed by atoms with Gasteiger partial charge in [0, 0.05) is 23.5 Å². The Bertz CT molecular complexity index is 532. The van der Waals surface area contributed by atoms with Crippen molar-refractivity contribution in [2.75, 3.05) is 11.9 Å².